The molecule has 1 aromatic heterocycles. The molecule has 1 atom stereocenters. The van der Waals surface area contributed by atoms with Crippen LogP contribution in [0.2, 0.25) is 0 Å². The third-order valence-electron chi connectivity index (χ3n) is 3.55. The van der Waals surface area contributed by atoms with Gasteiger partial charge in [-0.3, -0.25) is 14.3 Å². The van der Waals surface area contributed by atoms with Crippen LogP contribution in [0, 0.1) is 0 Å². The SMILES string of the molecule is C[C@@H](C(=O)n1ccc2cc3c(cc21)OCO3)N(C)C. The van der Waals surface area contributed by atoms with Gasteiger partial charge in [-0.15, -0.1) is 0 Å². The van der Waals surface area contributed by atoms with Crippen LogP contribution >= 0.6 is 0 Å². The van der Waals surface area contributed by atoms with Gasteiger partial charge < -0.3 is 9.47 Å². The zero-order valence-electron chi connectivity index (χ0n) is 11.2. The number of aromatic nitrogens is 1. The van der Waals surface area contributed by atoms with E-state index < -0.39 is 0 Å². The second-order valence-corrected chi connectivity index (χ2v) is 4.93. The average molecular weight is 260 g/mol. The predicted molar refractivity (Wildman–Crippen MR) is 71.8 cm³/mol. The first-order chi connectivity index (χ1) is 9.08. The van der Waals surface area contributed by atoms with Crippen LogP contribution in [0.1, 0.15) is 11.7 Å². The lowest BCUT2D eigenvalue weighted by Gasteiger charge is -2.19. The van der Waals surface area contributed by atoms with Crippen LogP contribution in [0.5, 0.6) is 11.5 Å². The largest absolute Gasteiger partial charge is 0.454 e. The average Bonchev–Trinajstić information content (AvgIpc) is 2.99. The van der Waals surface area contributed by atoms with Crippen molar-refractivity contribution in [3.05, 3.63) is 24.4 Å². The number of ether oxygens (including phenoxy) is 2. The van der Waals surface area contributed by atoms with E-state index in [4.69, 9.17) is 9.47 Å². The minimum atomic E-state index is -0.180. The van der Waals surface area contributed by atoms with Crippen molar-refractivity contribution in [2.24, 2.45) is 0 Å². The van der Waals surface area contributed by atoms with E-state index in [1.165, 1.54) is 0 Å². The number of benzene rings is 1. The predicted octanol–water partition coefficient (Wildman–Crippen LogP) is 1.96. The number of nitrogens with zero attached hydrogens (tertiary/aromatic N) is 2. The molecule has 0 bridgehead atoms. The van der Waals surface area contributed by atoms with Gasteiger partial charge in [0.25, 0.3) is 0 Å². The molecule has 5 nitrogen and oxygen atoms in total. The number of likely N-dealkylation sites (N-methyl/N-ethyl adjacent to an activating group) is 1. The van der Waals surface area contributed by atoms with Crippen molar-refractivity contribution in [3.63, 3.8) is 0 Å². The van der Waals surface area contributed by atoms with E-state index in [-0.39, 0.29) is 18.7 Å². The van der Waals surface area contributed by atoms with Crippen LogP contribution < -0.4 is 9.47 Å². The molecule has 1 aliphatic heterocycles. The fourth-order valence-electron chi connectivity index (χ4n) is 2.14. The third-order valence-corrected chi connectivity index (χ3v) is 3.55. The van der Waals surface area contributed by atoms with E-state index in [1.54, 1.807) is 10.8 Å². The van der Waals surface area contributed by atoms with Gasteiger partial charge in [-0.2, -0.15) is 0 Å². The number of fused-ring (bicyclic) bond motifs is 2. The Balaban J connectivity index is 2.08. The molecular weight excluding hydrogens is 244 g/mol. The number of carbonyl (C=O) groups is 1. The maximum atomic E-state index is 12.4. The Morgan fingerprint density at radius 1 is 1.32 bits per heavy atom. The molecule has 3 rings (SSSR count). The Morgan fingerprint density at radius 2 is 2.00 bits per heavy atom. The van der Waals surface area contributed by atoms with Gasteiger partial charge in [-0.25, -0.2) is 0 Å². The van der Waals surface area contributed by atoms with E-state index >= 15 is 0 Å². The molecule has 1 aliphatic rings. The molecule has 1 aromatic carbocycles. The molecule has 0 unspecified atom stereocenters. The van der Waals surface area contributed by atoms with E-state index in [9.17, 15) is 4.79 Å². The third kappa shape index (κ3) is 1.86. The highest BCUT2D eigenvalue weighted by Gasteiger charge is 2.21. The molecule has 0 spiro atoms. The minimum absolute atomic E-state index is 0.0406. The van der Waals surface area contributed by atoms with Gasteiger partial charge >= 0.3 is 0 Å². The van der Waals surface area contributed by atoms with Gasteiger partial charge in [-0.05, 0) is 33.2 Å². The smallest absolute Gasteiger partial charge is 0.248 e. The zero-order chi connectivity index (χ0) is 13.6. The van der Waals surface area contributed by atoms with Crippen molar-refractivity contribution in [1.29, 1.82) is 0 Å². The molecule has 0 N–H and O–H groups in total. The summed E-state index contributed by atoms with van der Waals surface area (Å²) in [4.78, 5) is 14.3. The number of hydrogen-bond acceptors (Lipinski definition) is 4. The zero-order valence-corrected chi connectivity index (χ0v) is 11.2. The molecule has 0 fully saturated rings. The van der Waals surface area contributed by atoms with Crippen molar-refractivity contribution < 1.29 is 14.3 Å². The summed E-state index contributed by atoms with van der Waals surface area (Å²) >= 11 is 0. The van der Waals surface area contributed by atoms with Gasteiger partial charge in [0.1, 0.15) is 0 Å². The van der Waals surface area contributed by atoms with E-state index in [1.807, 2.05) is 44.1 Å². The second-order valence-electron chi connectivity index (χ2n) is 4.93. The van der Waals surface area contributed by atoms with Crippen molar-refractivity contribution in [1.82, 2.24) is 9.47 Å². The first-order valence-corrected chi connectivity index (χ1v) is 6.19. The van der Waals surface area contributed by atoms with Crippen LogP contribution in [0.4, 0.5) is 0 Å². The van der Waals surface area contributed by atoms with Crippen LogP contribution in [-0.4, -0.2) is 42.3 Å². The molecule has 0 radical (unpaired) electrons. The van der Waals surface area contributed by atoms with E-state index in [0.29, 0.717) is 5.75 Å². The van der Waals surface area contributed by atoms with Crippen molar-refractivity contribution in [3.8, 4) is 11.5 Å². The van der Waals surface area contributed by atoms with Crippen molar-refractivity contribution >= 4 is 16.8 Å². The van der Waals surface area contributed by atoms with Crippen molar-refractivity contribution in [2.45, 2.75) is 13.0 Å². The summed E-state index contributed by atoms with van der Waals surface area (Å²) in [5.74, 6) is 1.47. The lowest BCUT2D eigenvalue weighted by atomic mass is 10.2. The van der Waals surface area contributed by atoms with Crippen LogP contribution in [0.15, 0.2) is 24.4 Å². The topological polar surface area (TPSA) is 43.7 Å². The number of carbonyl (C=O) groups excluding carboxylic acids is 1. The highest BCUT2D eigenvalue weighted by molar-refractivity contribution is 5.96. The van der Waals surface area contributed by atoms with Gasteiger partial charge in [-0.1, -0.05) is 0 Å². The summed E-state index contributed by atoms with van der Waals surface area (Å²) in [7, 11) is 3.78. The lowest BCUT2D eigenvalue weighted by Crippen LogP contribution is -2.36. The first kappa shape index (κ1) is 12.0. The van der Waals surface area contributed by atoms with Crippen LogP contribution in [0.25, 0.3) is 10.9 Å². The molecule has 0 saturated heterocycles. The van der Waals surface area contributed by atoms with Crippen LogP contribution in [0.3, 0.4) is 0 Å². The molecule has 19 heavy (non-hydrogen) atoms. The fraction of sp³-hybridized carbons (Fsp3) is 0.357. The Labute approximate surface area is 111 Å². The lowest BCUT2D eigenvalue weighted by molar-refractivity contribution is 0.0809. The molecule has 0 amide bonds. The molecule has 5 heteroatoms. The normalized spacial score (nSPS) is 15.2. The first-order valence-electron chi connectivity index (χ1n) is 6.19. The van der Waals surface area contributed by atoms with Gasteiger partial charge in [0.05, 0.1) is 11.6 Å². The van der Waals surface area contributed by atoms with Gasteiger partial charge in [0.2, 0.25) is 12.7 Å². The van der Waals surface area contributed by atoms with Crippen LogP contribution in [-0.2, 0) is 0 Å². The number of hydrogen-bond donors (Lipinski definition) is 0. The maximum absolute atomic E-state index is 12.4. The Morgan fingerprint density at radius 3 is 2.68 bits per heavy atom. The Bertz CT molecular complexity index is 645. The van der Waals surface area contributed by atoms with Gasteiger partial charge in [0, 0.05) is 17.6 Å². The maximum Gasteiger partial charge on any atom is 0.248 e. The Hall–Kier alpha value is -2.01. The summed E-state index contributed by atoms with van der Waals surface area (Å²) in [6.07, 6.45) is 1.79. The molecule has 2 aromatic rings. The second kappa shape index (κ2) is 4.28. The summed E-state index contributed by atoms with van der Waals surface area (Å²) in [5.41, 5.74) is 0.850. The summed E-state index contributed by atoms with van der Waals surface area (Å²) < 4.78 is 12.4. The van der Waals surface area contributed by atoms with E-state index in [2.05, 4.69) is 0 Å². The minimum Gasteiger partial charge on any atom is -0.454 e. The summed E-state index contributed by atoms with van der Waals surface area (Å²) in [5, 5.41) is 0.976. The summed E-state index contributed by atoms with van der Waals surface area (Å²) in [6, 6.07) is 5.50. The molecule has 2 heterocycles. The molecule has 0 saturated carbocycles. The monoisotopic (exact) mass is 260 g/mol. The molecular formula is C14H16N2O3. The fourth-order valence-corrected chi connectivity index (χ4v) is 2.14. The molecule has 100 valence electrons. The van der Waals surface area contributed by atoms with E-state index in [0.717, 1.165) is 16.7 Å². The standard InChI is InChI=1S/C14H16N2O3/c1-9(15(2)3)14(17)16-5-4-10-6-12-13(7-11(10)16)19-8-18-12/h4-7,9H,8H2,1-3H3/t9-/m0/s1. The number of rotatable bonds is 2. The highest BCUT2D eigenvalue weighted by atomic mass is 16.7. The molecule has 0 aliphatic carbocycles. The highest BCUT2D eigenvalue weighted by Crippen LogP contribution is 2.36. The Kier molecular flexibility index (Phi) is 2.71. The summed E-state index contributed by atoms with van der Waals surface area (Å²) in [6.45, 7) is 2.13. The van der Waals surface area contributed by atoms with Gasteiger partial charge in [0.15, 0.2) is 11.5 Å². The quantitative estimate of drug-likeness (QED) is 0.828. The van der Waals surface area contributed by atoms with Crippen molar-refractivity contribution in [2.75, 3.05) is 20.9 Å².